The van der Waals surface area contributed by atoms with Crippen LogP contribution in [-0.4, -0.2) is 32.8 Å². The average molecular weight is 267 g/mol. The van der Waals surface area contributed by atoms with E-state index < -0.39 is 16.8 Å². The van der Waals surface area contributed by atoms with Gasteiger partial charge in [-0.1, -0.05) is 18.2 Å². The minimum Gasteiger partial charge on any atom is -0.478 e. The molecule has 98 valence electrons. The molecule has 1 aromatic rings. The number of rotatable bonds is 4. The zero-order chi connectivity index (χ0) is 13.0. The summed E-state index contributed by atoms with van der Waals surface area (Å²) in [4.78, 5) is 11.0. The van der Waals surface area contributed by atoms with Gasteiger partial charge in [0.15, 0.2) is 0 Å². The van der Waals surface area contributed by atoms with Crippen LogP contribution < -0.4 is 5.32 Å². The van der Waals surface area contributed by atoms with Crippen molar-refractivity contribution in [3.8, 4) is 0 Å². The number of aromatic carboxylic acids is 1. The average Bonchev–Trinajstić information content (AvgIpc) is 2.38. The standard InChI is InChI=1S/C13H17NO3S/c15-13(16)12-4-2-1-3-10(12)9-14-11-5-7-18(17)8-6-11/h1-4,11,14H,5-9H2,(H,15,16). The van der Waals surface area contributed by atoms with Gasteiger partial charge in [-0.25, -0.2) is 4.79 Å². The van der Waals surface area contributed by atoms with Crippen molar-refractivity contribution in [1.82, 2.24) is 5.32 Å². The lowest BCUT2D eigenvalue weighted by Gasteiger charge is -2.23. The molecule has 0 bridgehead atoms. The highest BCUT2D eigenvalue weighted by Gasteiger charge is 2.18. The summed E-state index contributed by atoms with van der Waals surface area (Å²) in [7, 11) is -0.655. The Labute approximate surface area is 109 Å². The van der Waals surface area contributed by atoms with Crippen LogP contribution in [0, 0.1) is 0 Å². The Balaban J connectivity index is 1.94. The molecule has 1 heterocycles. The minimum absolute atomic E-state index is 0.351. The summed E-state index contributed by atoms with van der Waals surface area (Å²) in [6.45, 7) is 0.555. The number of hydrogen-bond acceptors (Lipinski definition) is 3. The van der Waals surface area contributed by atoms with E-state index in [-0.39, 0.29) is 0 Å². The zero-order valence-corrected chi connectivity index (χ0v) is 10.9. The predicted octanol–water partition coefficient (Wildman–Crippen LogP) is 1.39. The first-order valence-corrected chi connectivity index (χ1v) is 7.55. The molecule has 0 aliphatic carbocycles. The van der Waals surface area contributed by atoms with Crippen molar-refractivity contribution in [3.05, 3.63) is 35.4 Å². The number of nitrogens with one attached hydrogen (secondary N) is 1. The molecule has 0 saturated carbocycles. The molecule has 0 atom stereocenters. The third kappa shape index (κ3) is 3.40. The third-order valence-corrected chi connectivity index (χ3v) is 4.60. The van der Waals surface area contributed by atoms with Gasteiger partial charge in [-0.2, -0.15) is 0 Å². The van der Waals surface area contributed by atoms with Gasteiger partial charge < -0.3 is 10.4 Å². The molecule has 1 aliphatic heterocycles. The lowest BCUT2D eigenvalue weighted by molar-refractivity contribution is 0.0695. The first-order valence-electron chi connectivity index (χ1n) is 6.06. The van der Waals surface area contributed by atoms with E-state index in [1.807, 2.05) is 12.1 Å². The predicted molar refractivity (Wildman–Crippen MR) is 71.1 cm³/mol. The van der Waals surface area contributed by atoms with Crippen molar-refractivity contribution in [2.24, 2.45) is 0 Å². The van der Waals surface area contributed by atoms with Gasteiger partial charge in [0.1, 0.15) is 0 Å². The number of carboxylic acids is 1. The Morgan fingerprint density at radius 2 is 2.00 bits per heavy atom. The molecule has 0 spiro atoms. The fraction of sp³-hybridized carbons (Fsp3) is 0.462. The second kappa shape index (κ2) is 6.11. The summed E-state index contributed by atoms with van der Waals surface area (Å²) in [6, 6.07) is 7.38. The molecule has 2 N–H and O–H groups in total. The number of carboxylic acid groups (broad SMARTS) is 1. The highest BCUT2D eigenvalue weighted by atomic mass is 32.2. The minimum atomic E-state index is -0.892. The molecule has 0 aromatic heterocycles. The smallest absolute Gasteiger partial charge is 0.336 e. The highest BCUT2D eigenvalue weighted by molar-refractivity contribution is 7.85. The van der Waals surface area contributed by atoms with Gasteiger partial charge in [-0.15, -0.1) is 0 Å². The van der Waals surface area contributed by atoms with E-state index in [1.54, 1.807) is 12.1 Å². The fourth-order valence-corrected chi connectivity index (χ4v) is 3.43. The van der Waals surface area contributed by atoms with Crippen molar-refractivity contribution in [1.29, 1.82) is 0 Å². The normalized spacial score (nSPS) is 23.8. The molecule has 1 saturated heterocycles. The summed E-state index contributed by atoms with van der Waals surface area (Å²) in [5, 5.41) is 12.4. The Hall–Kier alpha value is -1.20. The van der Waals surface area contributed by atoms with Crippen molar-refractivity contribution < 1.29 is 14.1 Å². The van der Waals surface area contributed by atoms with Crippen LogP contribution in [0.4, 0.5) is 0 Å². The van der Waals surface area contributed by atoms with Crippen molar-refractivity contribution >= 4 is 16.8 Å². The summed E-state index contributed by atoms with van der Waals surface area (Å²) in [6.07, 6.45) is 1.81. The van der Waals surface area contributed by atoms with Crippen LogP contribution in [0.3, 0.4) is 0 Å². The first kappa shape index (κ1) is 13.2. The molecular formula is C13H17NO3S. The van der Waals surface area contributed by atoms with Gasteiger partial charge in [0, 0.05) is 34.9 Å². The largest absolute Gasteiger partial charge is 0.478 e. The second-order valence-corrected chi connectivity index (χ2v) is 6.16. The van der Waals surface area contributed by atoms with Crippen LogP contribution in [0.5, 0.6) is 0 Å². The molecule has 1 fully saturated rings. The van der Waals surface area contributed by atoms with E-state index in [4.69, 9.17) is 5.11 Å². The van der Waals surface area contributed by atoms with Gasteiger partial charge in [0.25, 0.3) is 0 Å². The Kier molecular flexibility index (Phi) is 4.49. The van der Waals surface area contributed by atoms with Crippen molar-refractivity contribution in [2.75, 3.05) is 11.5 Å². The van der Waals surface area contributed by atoms with Crippen LogP contribution in [0.25, 0.3) is 0 Å². The lowest BCUT2D eigenvalue weighted by Crippen LogP contribution is -2.35. The zero-order valence-electron chi connectivity index (χ0n) is 10.1. The van der Waals surface area contributed by atoms with Crippen LogP contribution in [0.15, 0.2) is 24.3 Å². The van der Waals surface area contributed by atoms with E-state index in [1.165, 1.54) is 0 Å². The Morgan fingerprint density at radius 1 is 1.33 bits per heavy atom. The maximum absolute atomic E-state index is 11.2. The quantitative estimate of drug-likeness (QED) is 0.865. The van der Waals surface area contributed by atoms with Gasteiger partial charge in [0.05, 0.1) is 5.56 Å². The third-order valence-electron chi connectivity index (χ3n) is 3.22. The van der Waals surface area contributed by atoms with Gasteiger partial charge in [-0.05, 0) is 24.5 Å². The Morgan fingerprint density at radius 3 is 2.67 bits per heavy atom. The van der Waals surface area contributed by atoms with Gasteiger partial charge in [0.2, 0.25) is 0 Å². The second-order valence-electron chi connectivity index (χ2n) is 4.47. The van der Waals surface area contributed by atoms with Crippen molar-refractivity contribution in [3.63, 3.8) is 0 Å². The topological polar surface area (TPSA) is 66.4 Å². The van der Waals surface area contributed by atoms with Crippen LogP contribution in [0.2, 0.25) is 0 Å². The molecule has 1 aromatic carbocycles. The molecule has 1 aliphatic rings. The number of carbonyl (C=O) groups is 1. The van der Waals surface area contributed by atoms with E-state index in [0.717, 1.165) is 29.9 Å². The van der Waals surface area contributed by atoms with Crippen LogP contribution in [-0.2, 0) is 17.3 Å². The van der Waals surface area contributed by atoms with E-state index >= 15 is 0 Å². The van der Waals surface area contributed by atoms with Gasteiger partial charge >= 0.3 is 5.97 Å². The van der Waals surface area contributed by atoms with Gasteiger partial charge in [-0.3, -0.25) is 4.21 Å². The summed E-state index contributed by atoms with van der Waals surface area (Å²) >= 11 is 0. The summed E-state index contributed by atoms with van der Waals surface area (Å²) in [5.41, 5.74) is 1.15. The SMILES string of the molecule is O=C(O)c1ccccc1CNC1CCS(=O)CC1. The molecule has 4 nitrogen and oxygen atoms in total. The molecule has 0 amide bonds. The molecule has 5 heteroatoms. The molecule has 2 rings (SSSR count). The fourth-order valence-electron chi connectivity index (χ4n) is 2.14. The number of benzene rings is 1. The highest BCUT2D eigenvalue weighted by Crippen LogP contribution is 2.12. The first-order chi connectivity index (χ1) is 8.66. The summed E-state index contributed by atoms with van der Waals surface area (Å²) in [5.74, 6) is 0.605. The van der Waals surface area contributed by atoms with E-state index in [2.05, 4.69) is 5.32 Å². The van der Waals surface area contributed by atoms with E-state index in [0.29, 0.717) is 18.2 Å². The maximum Gasteiger partial charge on any atom is 0.336 e. The molecule has 0 unspecified atom stereocenters. The summed E-state index contributed by atoms with van der Waals surface area (Å²) < 4.78 is 11.2. The monoisotopic (exact) mass is 267 g/mol. The molecule has 0 radical (unpaired) electrons. The lowest BCUT2D eigenvalue weighted by atomic mass is 10.1. The van der Waals surface area contributed by atoms with Crippen LogP contribution in [0.1, 0.15) is 28.8 Å². The number of hydrogen-bond donors (Lipinski definition) is 2. The van der Waals surface area contributed by atoms with Crippen LogP contribution >= 0.6 is 0 Å². The van der Waals surface area contributed by atoms with Crippen molar-refractivity contribution in [2.45, 2.75) is 25.4 Å². The maximum atomic E-state index is 11.2. The molecule has 18 heavy (non-hydrogen) atoms. The Bertz CT molecular complexity index is 451. The molecular weight excluding hydrogens is 250 g/mol. The van der Waals surface area contributed by atoms with E-state index in [9.17, 15) is 9.00 Å².